The Hall–Kier alpha value is -1.71. The molecule has 0 spiro atoms. The summed E-state index contributed by atoms with van der Waals surface area (Å²) in [6.45, 7) is 2.24. The van der Waals surface area contributed by atoms with E-state index in [1.54, 1.807) is 6.07 Å². The van der Waals surface area contributed by atoms with E-state index in [9.17, 15) is 10.2 Å². The minimum absolute atomic E-state index is 0.117. The molecule has 1 rings (SSSR count). The van der Waals surface area contributed by atoms with Gasteiger partial charge in [-0.05, 0) is 31.0 Å². The van der Waals surface area contributed by atoms with Crippen molar-refractivity contribution in [1.82, 2.24) is 0 Å². The number of hydrogen-bond donors (Lipinski definition) is 2. The Balaban J connectivity index is 2.29. The van der Waals surface area contributed by atoms with Crippen LogP contribution in [0.4, 0.5) is 0 Å². The smallest absolute Gasteiger partial charge is 0.158 e. The largest absolute Gasteiger partial charge is 0.504 e. The normalized spacial score (nSPS) is 11.7. The van der Waals surface area contributed by atoms with Gasteiger partial charge in [0.05, 0.1) is 5.71 Å². The number of hydrogen-bond acceptors (Lipinski definition) is 4. The number of unbranched alkanes of at least 4 members (excludes halogenated alkanes) is 8. The first-order valence-corrected chi connectivity index (χ1v) is 8.81. The van der Waals surface area contributed by atoms with E-state index in [2.05, 4.69) is 12.1 Å². The predicted molar refractivity (Wildman–Crippen MR) is 95.2 cm³/mol. The van der Waals surface area contributed by atoms with Gasteiger partial charge in [0.15, 0.2) is 11.5 Å². The molecular formula is C19H31NO3. The third-order valence-electron chi connectivity index (χ3n) is 4.03. The SMILES string of the molecule is CCCCCCCCCCC/C(=N\OC)c1ccc(O)c(O)c1. The molecule has 0 radical (unpaired) electrons. The zero-order chi connectivity index (χ0) is 16.9. The van der Waals surface area contributed by atoms with Crippen molar-refractivity contribution in [1.29, 1.82) is 0 Å². The molecule has 4 heteroatoms. The van der Waals surface area contributed by atoms with E-state index >= 15 is 0 Å². The second-order valence-electron chi connectivity index (χ2n) is 6.00. The Morgan fingerprint density at radius 1 is 0.913 bits per heavy atom. The Morgan fingerprint density at radius 2 is 1.52 bits per heavy atom. The molecule has 23 heavy (non-hydrogen) atoms. The van der Waals surface area contributed by atoms with Crippen LogP contribution in [0.2, 0.25) is 0 Å². The first kappa shape index (κ1) is 19.3. The summed E-state index contributed by atoms with van der Waals surface area (Å²) in [5, 5.41) is 23.0. The molecule has 0 aliphatic carbocycles. The summed E-state index contributed by atoms with van der Waals surface area (Å²) >= 11 is 0. The van der Waals surface area contributed by atoms with E-state index in [4.69, 9.17) is 4.84 Å². The van der Waals surface area contributed by atoms with Crippen molar-refractivity contribution in [2.45, 2.75) is 71.1 Å². The molecule has 0 amide bonds. The molecule has 0 unspecified atom stereocenters. The maximum Gasteiger partial charge on any atom is 0.158 e. The number of nitrogens with zero attached hydrogens (tertiary/aromatic N) is 1. The Kier molecular flexibility index (Phi) is 9.92. The van der Waals surface area contributed by atoms with Crippen molar-refractivity contribution < 1.29 is 15.1 Å². The number of rotatable bonds is 12. The minimum atomic E-state index is -0.126. The van der Waals surface area contributed by atoms with Gasteiger partial charge in [0, 0.05) is 5.56 Å². The maximum atomic E-state index is 9.60. The molecule has 0 saturated carbocycles. The molecule has 1 aromatic rings. The van der Waals surface area contributed by atoms with E-state index in [0.29, 0.717) is 0 Å². The summed E-state index contributed by atoms with van der Waals surface area (Å²) in [5.41, 5.74) is 1.60. The van der Waals surface area contributed by atoms with E-state index in [-0.39, 0.29) is 11.5 Å². The van der Waals surface area contributed by atoms with Crippen molar-refractivity contribution in [2.75, 3.05) is 7.11 Å². The van der Waals surface area contributed by atoms with Gasteiger partial charge in [-0.15, -0.1) is 0 Å². The Labute approximate surface area is 140 Å². The van der Waals surface area contributed by atoms with E-state index in [1.165, 1.54) is 70.6 Å². The summed E-state index contributed by atoms with van der Waals surface area (Å²) in [7, 11) is 1.52. The van der Waals surface area contributed by atoms with Crippen molar-refractivity contribution >= 4 is 5.71 Å². The van der Waals surface area contributed by atoms with Crippen LogP contribution in [0.3, 0.4) is 0 Å². The van der Waals surface area contributed by atoms with Crippen LogP contribution in [0.1, 0.15) is 76.7 Å². The van der Waals surface area contributed by atoms with Crippen molar-refractivity contribution in [3.63, 3.8) is 0 Å². The van der Waals surface area contributed by atoms with Crippen molar-refractivity contribution in [2.24, 2.45) is 5.16 Å². The summed E-state index contributed by atoms with van der Waals surface area (Å²) in [6, 6.07) is 4.76. The average molecular weight is 321 g/mol. The molecule has 0 fully saturated rings. The molecular weight excluding hydrogens is 290 g/mol. The third kappa shape index (κ3) is 7.91. The summed E-state index contributed by atoms with van der Waals surface area (Å²) < 4.78 is 0. The van der Waals surface area contributed by atoms with Gasteiger partial charge in [0.1, 0.15) is 7.11 Å². The van der Waals surface area contributed by atoms with E-state index in [1.807, 2.05) is 0 Å². The third-order valence-corrected chi connectivity index (χ3v) is 4.03. The molecule has 0 aromatic heterocycles. The van der Waals surface area contributed by atoms with Crippen LogP contribution < -0.4 is 0 Å². The minimum Gasteiger partial charge on any atom is -0.504 e. The molecule has 2 N–H and O–H groups in total. The summed E-state index contributed by atoms with van der Waals surface area (Å²) in [6.07, 6.45) is 12.3. The van der Waals surface area contributed by atoms with Gasteiger partial charge in [-0.1, -0.05) is 63.4 Å². The monoisotopic (exact) mass is 321 g/mol. The molecule has 0 saturated heterocycles. The van der Waals surface area contributed by atoms with Gasteiger partial charge < -0.3 is 15.1 Å². The Morgan fingerprint density at radius 3 is 2.09 bits per heavy atom. The van der Waals surface area contributed by atoms with Gasteiger partial charge in [0.2, 0.25) is 0 Å². The number of benzene rings is 1. The van der Waals surface area contributed by atoms with Crippen LogP contribution >= 0.6 is 0 Å². The van der Waals surface area contributed by atoms with E-state index < -0.39 is 0 Å². The number of aromatic hydroxyl groups is 2. The van der Waals surface area contributed by atoms with Crippen LogP contribution in [-0.2, 0) is 4.84 Å². The highest BCUT2D eigenvalue weighted by atomic mass is 16.6. The molecule has 0 bridgehead atoms. The second-order valence-corrected chi connectivity index (χ2v) is 6.00. The first-order valence-electron chi connectivity index (χ1n) is 8.81. The molecule has 0 aliphatic heterocycles. The number of oxime groups is 1. The highest BCUT2D eigenvalue weighted by Gasteiger charge is 2.08. The van der Waals surface area contributed by atoms with Crippen molar-refractivity contribution in [3.05, 3.63) is 23.8 Å². The highest BCUT2D eigenvalue weighted by molar-refractivity contribution is 6.00. The fourth-order valence-corrected chi connectivity index (χ4v) is 2.66. The van der Waals surface area contributed by atoms with Crippen LogP contribution in [0.5, 0.6) is 11.5 Å². The predicted octanol–water partition coefficient (Wildman–Crippen LogP) is 5.37. The lowest BCUT2D eigenvalue weighted by atomic mass is 10.0. The zero-order valence-electron chi connectivity index (χ0n) is 14.6. The zero-order valence-corrected chi connectivity index (χ0v) is 14.6. The van der Waals surface area contributed by atoms with Crippen LogP contribution in [0.25, 0.3) is 0 Å². The fourth-order valence-electron chi connectivity index (χ4n) is 2.66. The van der Waals surface area contributed by atoms with Gasteiger partial charge in [-0.3, -0.25) is 0 Å². The Bertz CT molecular complexity index is 472. The topological polar surface area (TPSA) is 62.0 Å². The quantitative estimate of drug-likeness (QED) is 0.235. The van der Waals surface area contributed by atoms with Gasteiger partial charge in [-0.25, -0.2) is 0 Å². The number of phenols is 2. The average Bonchev–Trinajstić information content (AvgIpc) is 2.55. The van der Waals surface area contributed by atoms with Crippen LogP contribution in [-0.4, -0.2) is 23.0 Å². The lowest BCUT2D eigenvalue weighted by molar-refractivity contribution is 0.212. The molecule has 0 atom stereocenters. The van der Waals surface area contributed by atoms with Crippen molar-refractivity contribution in [3.8, 4) is 11.5 Å². The lowest BCUT2D eigenvalue weighted by Crippen LogP contribution is -2.02. The standard InChI is InChI=1S/C19H31NO3/c1-3-4-5-6-7-8-9-10-11-12-17(20-23-2)16-13-14-18(21)19(22)15-16/h13-15,21-22H,3-12H2,1-2H3/b20-17+. The fraction of sp³-hybridized carbons (Fsp3) is 0.632. The van der Waals surface area contributed by atoms with Gasteiger partial charge in [0.25, 0.3) is 0 Å². The summed E-state index contributed by atoms with van der Waals surface area (Å²) in [4.78, 5) is 4.91. The van der Waals surface area contributed by atoms with Crippen LogP contribution in [0.15, 0.2) is 23.4 Å². The molecule has 4 nitrogen and oxygen atoms in total. The lowest BCUT2D eigenvalue weighted by Gasteiger charge is -2.07. The molecule has 0 heterocycles. The molecule has 1 aromatic carbocycles. The molecule has 130 valence electrons. The highest BCUT2D eigenvalue weighted by Crippen LogP contribution is 2.26. The van der Waals surface area contributed by atoms with Crippen LogP contribution in [0, 0.1) is 0 Å². The first-order chi connectivity index (χ1) is 11.2. The van der Waals surface area contributed by atoms with Gasteiger partial charge in [-0.2, -0.15) is 0 Å². The summed E-state index contributed by atoms with van der Waals surface area (Å²) in [5.74, 6) is -0.244. The maximum absolute atomic E-state index is 9.60. The second kappa shape index (κ2) is 11.8. The number of phenolic OH excluding ortho intramolecular Hbond substituents is 2. The van der Waals surface area contributed by atoms with Gasteiger partial charge >= 0.3 is 0 Å². The van der Waals surface area contributed by atoms with E-state index in [0.717, 1.165) is 24.1 Å². The molecule has 0 aliphatic rings.